The van der Waals surface area contributed by atoms with Gasteiger partial charge in [0.1, 0.15) is 0 Å². The largest absolute Gasteiger partial charge is 0.370 e. The van der Waals surface area contributed by atoms with Crippen molar-refractivity contribution in [1.82, 2.24) is 14.8 Å². The summed E-state index contributed by atoms with van der Waals surface area (Å²) in [6, 6.07) is 2.09. The molecule has 0 spiro atoms. The van der Waals surface area contributed by atoms with Crippen molar-refractivity contribution in [2.75, 3.05) is 20.1 Å². The summed E-state index contributed by atoms with van der Waals surface area (Å²) in [6.07, 6.45) is 6.72. The van der Waals surface area contributed by atoms with E-state index in [0.717, 1.165) is 38.4 Å². The summed E-state index contributed by atoms with van der Waals surface area (Å²) >= 11 is 0. The molecule has 1 atom stereocenters. The van der Waals surface area contributed by atoms with E-state index in [1.165, 1.54) is 5.56 Å². The van der Waals surface area contributed by atoms with Gasteiger partial charge in [-0.25, -0.2) is 0 Å². The summed E-state index contributed by atoms with van der Waals surface area (Å²) in [5, 5.41) is 3.39. The maximum absolute atomic E-state index is 11.1. The van der Waals surface area contributed by atoms with Gasteiger partial charge in [0.05, 0.1) is 0 Å². The second-order valence-electron chi connectivity index (χ2n) is 5.71. The van der Waals surface area contributed by atoms with E-state index in [0.29, 0.717) is 12.3 Å². The molecular formula is C15H26IN5O. The average Bonchev–Trinajstić information content (AvgIpc) is 2.85. The predicted molar refractivity (Wildman–Crippen MR) is 99.1 cm³/mol. The number of nitrogens with two attached hydrogens (primary N) is 1. The molecule has 1 aromatic rings. The average molecular weight is 419 g/mol. The topological polar surface area (TPSA) is 75.7 Å². The number of piperidine rings is 1. The number of likely N-dealkylation sites (tertiary alicyclic amines) is 1. The van der Waals surface area contributed by atoms with Gasteiger partial charge < -0.3 is 20.5 Å². The molecule has 1 aromatic heterocycles. The first-order chi connectivity index (χ1) is 10.1. The van der Waals surface area contributed by atoms with Gasteiger partial charge in [-0.1, -0.05) is 0 Å². The molecule has 1 unspecified atom stereocenters. The van der Waals surface area contributed by atoms with Crippen LogP contribution in [0.3, 0.4) is 0 Å². The molecule has 0 saturated carbocycles. The molecule has 6 nitrogen and oxygen atoms in total. The van der Waals surface area contributed by atoms with Gasteiger partial charge in [0, 0.05) is 52.5 Å². The number of rotatable bonds is 4. The molecule has 1 aliphatic heterocycles. The molecule has 3 N–H and O–H groups in total. The Morgan fingerprint density at radius 1 is 1.55 bits per heavy atom. The number of nitrogens with zero attached hydrogens (tertiary/aromatic N) is 3. The third kappa shape index (κ3) is 5.51. The molecule has 7 heteroatoms. The number of halogens is 1. The van der Waals surface area contributed by atoms with E-state index in [-0.39, 0.29) is 29.9 Å². The van der Waals surface area contributed by atoms with Crippen LogP contribution in [-0.4, -0.2) is 41.5 Å². The van der Waals surface area contributed by atoms with Gasteiger partial charge in [-0.05, 0) is 30.4 Å². The number of carbonyl (C=O) groups is 1. The first kappa shape index (κ1) is 18.8. The highest BCUT2D eigenvalue weighted by atomic mass is 127. The number of guanidine groups is 1. The Kier molecular flexibility index (Phi) is 7.70. The van der Waals surface area contributed by atoms with Crippen molar-refractivity contribution in [1.29, 1.82) is 0 Å². The Morgan fingerprint density at radius 2 is 2.32 bits per heavy atom. The third-order valence-electron chi connectivity index (χ3n) is 3.86. The number of primary amides is 1. The lowest BCUT2D eigenvalue weighted by molar-refractivity contribution is -0.119. The molecular weight excluding hydrogens is 393 g/mol. The van der Waals surface area contributed by atoms with Crippen LogP contribution in [0.5, 0.6) is 0 Å². The highest BCUT2D eigenvalue weighted by Gasteiger charge is 2.23. The van der Waals surface area contributed by atoms with Gasteiger partial charge in [-0.15, -0.1) is 24.0 Å². The van der Waals surface area contributed by atoms with Crippen molar-refractivity contribution in [3.05, 3.63) is 24.0 Å². The zero-order chi connectivity index (χ0) is 15.2. The normalized spacial score (nSPS) is 18.7. The van der Waals surface area contributed by atoms with E-state index >= 15 is 0 Å². The number of aromatic nitrogens is 1. The minimum absolute atomic E-state index is 0. The fourth-order valence-electron chi connectivity index (χ4n) is 2.89. The number of aryl methyl sites for hydroxylation is 1. The Bertz CT molecular complexity index is 514. The van der Waals surface area contributed by atoms with Crippen molar-refractivity contribution in [3.8, 4) is 0 Å². The van der Waals surface area contributed by atoms with Crippen LogP contribution in [0, 0.1) is 5.92 Å². The van der Waals surface area contributed by atoms with Gasteiger partial charge in [0.15, 0.2) is 5.96 Å². The summed E-state index contributed by atoms with van der Waals surface area (Å²) in [5.74, 6) is 1.02. The van der Waals surface area contributed by atoms with Crippen LogP contribution < -0.4 is 11.1 Å². The first-order valence-corrected chi connectivity index (χ1v) is 7.43. The molecule has 0 aromatic carbocycles. The fraction of sp³-hybridized carbons (Fsp3) is 0.600. The van der Waals surface area contributed by atoms with E-state index in [2.05, 4.69) is 27.5 Å². The van der Waals surface area contributed by atoms with Gasteiger partial charge in [0.2, 0.25) is 5.91 Å². The highest BCUT2D eigenvalue weighted by molar-refractivity contribution is 14.0. The lowest BCUT2D eigenvalue weighted by atomic mass is 9.95. The van der Waals surface area contributed by atoms with Crippen LogP contribution in [0.25, 0.3) is 0 Å². The number of hydrogen-bond donors (Lipinski definition) is 2. The lowest BCUT2D eigenvalue weighted by Gasteiger charge is -2.34. The molecule has 1 saturated heterocycles. The minimum Gasteiger partial charge on any atom is -0.370 e. The van der Waals surface area contributed by atoms with Crippen molar-refractivity contribution in [2.45, 2.75) is 25.8 Å². The number of aliphatic imine (C=N–C) groups is 1. The maximum Gasteiger partial charge on any atom is 0.217 e. The van der Waals surface area contributed by atoms with E-state index in [4.69, 9.17) is 5.73 Å². The monoisotopic (exact) mass is 419 g/mol. The van der Waals surface area contributed by atoms with Gasteiger partial charge in [0.25, 0.3) is 0 Å². The highest BCUT2D eigenvalue weighted by Crippen LogP contribution is 2.19. The molecule has 1 fully saturated rings. The second kappa shape index (κ2) is 9.02. The van der Waals surface area contributed by atoms with Crippen molar-refractivity contribution in [3.63, 3.8) is 0 Å². The summed E-state index contributed by atoms with van der Waals surface area (Å²) in [5.41, 5.74) is 6.53. The predicted octanol–water partition coefficient (Wildman–Crippen LogP) is 1.31. The standard InChI is InChI=1S/C15H25N5O.HI/c1-17-15(18-9-13-5-7-19(2)10-13)20-6-3-4-12(11-20)8-14(16)21;/h5,7,10,12H,3-4,6,8-9,11H2,1-2H3,(H2,16,21)(H,17,18);1H. The van der Waals surface area contributed by atoms with Crippen LogP contribution in [0.2, 0.25) is 0 Å². The van der Waals surface area contributed by atoms with Crippen LogP contribution >= 0.6 is 24.0 Å². The molecule has 0 aliphatic carbocycles. The quantitative estimate of drug-likeness (QED) is 0.439. The van der Waals surface area contributed by atoms with Crippen LogP contribution in [0.4, 0.5) is 0 Å². The Balaban J connectivity index is 0.00000242. The molecule has 2 heterocycles. The molecule has 124 valence electrons. The van der Waals surface area contributed by atoms with Gasteiger partial charge in [-0.2, -0.15) is 0 Å². The lowest BCUT2D eigenvalue weighted by Crippen LogP contribution is -2.46. The number of amides is 1. The minimum atomic E-state index is -0.214. The van der Waals surface area contributed by atoms with Crippen molar-refractivity contribution < 1.29 is 4.79 Å². The molecule has 22 heavy (non-hydrogen) atoms. The zero-order valence-electron chi connectivity index (χ0n) is 13.3. The number of carbonyl (C=O) groups excluding carboxylic acids is 1. The molecule has 1 aliphatic rings. The summed E-state index contributed by atoms with van der Waals surface area (Å²) in [4.78, 5) is 17.7. The van der Waals surface area contributed by atoms with Gasteiger partial charge in [-0.3, -0.25) is 9.79 Å². The SMILES string of the molecule is CN=C(NCc1ccn(C)c1)N1CCCC(CC(N)=O)C1.I. The van der Waals surface area contributed by atoms with Gasteiger partial charge >= 0.3 is 0 Å². The van der Waals surface area contributed by atoms with Crippen LogP contribution in [0.1, 0.15) is 24.8 Å². The molecule has 1 amide bonds. The molecule has 2 rings (SSSR count). The van der Waals surface area contributed by atoms with Crippen molar-refractivity contribution in [2.24, 2.45) is 23.7 Å². The first-order valence-electron chi connectivity index (χ1n) is 7.43. The summed E-state index contributed by atoms with van der Waals surface area (Å²) < 4.78 is 2.03. The Hall–Kier alpha value is -1.25. The third-order valence-corrected chi connectivity index (χ3v) is 3.86. The van der Waals surface area contributed by atoms with E-state index in [9.17, 15) is 4.79 Å². The van der Waals surface area contributed by atoms with Crippen molar-refractivity contribution >= 4 is 35.8 Å². The van der Waals surface area contributed by atoms with Crippen LogP contribution in [0.15, 0.2) is 23.5 Å². The maximum atomic E-state index is 11.1. The number of nitrogens with one attached hydrogen (secondary N) is 1. The molecule has 0 bridgehead atoms. The van der Waals surface area contributed by atoms with Crippen LogP contribution in [-0.2, 0) is 18.4 Å². The number of hydrogen-bond acceptors (Lipinski definition) is 2. The Morgan fingerprint density at radius 3 is 2.91 bits per heavy atom. The fourth-order valence-corrected chi connectivity index (χ4v) is 2.89. The Labute approximate surface area is 149 Å². The van der Waals surface area contributed by atoms with E-state index < -0.39 is 0 Å². The van der Waals surface area contributed by atoms with E-state index in [1.807, 2.05) is 17.8 Å². The summed E-state index contributed by atoms with van der Waals surface area (Å²) in [6.45, 7) is 2.58. The molecule has 0 radical (unpaired) electrons. The second-order valence-corrected chi connectivity index (χ2v) is 5.71. The summed E-state index contributed by atoms with van der Waals surface area (Å²) in [7, 11) is 3.81. The smallest absolute Gasteiger partial charge is 0.217 e. The van der Waals surface area contributed by atoms with E-state index in [1.54, 1.807) is 7.05 Å². The zero-order valence-corrected chi connectivity index (χ0v) is 15.6.